The summed E-state index contributed by atoms with van der Waals surface area (Å²) in [5.74, 6) is -3.57. The Morgan fingerprint density at radius 3 is 2.26 bits per heavy atom. The number of anilines is 1. The molecule has 0 atom stereocenters. The van der Waals surface area contributed by atoms with Crippen LogP contribution in [0.25, 0.3) is 22.2 Å². The van der Waals surface area contributed by atoms with E-state index in [0.29, 0.717) is 12.4 Å². The van der Waals surface area contributed by atoms with Crippen molar-refractivity contribution in [2.24, 2.45) is 0 Å². The third-order valence-electron chi connectivity index (χ3n) is 5.65. The van der Waals surface area contributed by atoms with Gasteiger partial charge in [0.15, 0.2) is 17.5 Å². The van der Waals surface area contributed by atoms with Crippen molar-refractivity contribution in [2.75, 3.05) is 11.9 Å². The van der Waals surface area contributed by atoms with E-state index < -0.39 is 68.7 Å². The van der Waals surface area contributed by atoms with Crippen LogP contribution in [0.1, 0.15) is 24.0 Å². The zero-order valence-electron chi connectivity index (χ0n) is 19.4. The predicted octanol–water partition coefficient (Wildman–Crippen LogP) is 4.75. The minimum Gasteiger partial charge on any atom is -0.383 e. The molecule has 0 bridgehead atoms. The summed E-state index contributed by atoms with van der Waals surface area (Å²) < 4.78 is 108. The number of unbranched alkanes of at least 4 members (excludes halogenated alkanes) is 1. The minimum atomic E-state index is -4.91. The van der Waals surface area contributed by atoms with Gasteiger partial charge in [-0.25, -0.2) is 23.8 Å². The average Bonchev–Trinajstić information content (AvgIpc) is 2.85. The molecule has 2 N–H and O–H groups in total. The van der Waals surface area contributed by atoms with Crippen LogP contribution in [0, 0.1) is 11.6 Å². The fourth-order valence-electron chi connectivity index (χ4n) is 3.77. The second-order valence-electron chi connectivity index (χ2n) is 8.24. The summed E-state index contributed by atoms with van der Waals surface area (Å²) in [5, 5.41) is 6.87. The summed E-state index contributed by atoms with van der Waals surface area (Å²) in [7, 11) is 0. The van der Waals surface area contributed by atoms with Crippen LogP contribution in [0.15, 0.2) is 46.5 Å². The van der Waals surface area contributed by atoms with Crippen LogP contribution in [0.3, 0.4) is 0 Å². The number of halogens is 8. The fourth-order valence-corrected chi connectivity index (χ4v) is 3.77. The lowest BCUT2D eigenvalue weighted by molar-refractivity contribution is -0.139. The lowest BCUT2D eigenvalue weighted by Crippen LogP contribution is -2.25. The molecule has 8 nitrogen and oxygen atoms in total. The van der Waals surface area contributed by atoms with Gasteiger partial charge >= 0.3 is 12.4 Å². The number of hydrogen-bond acceptors (Lipinski definition) is 6. The predicted molar refractivity (Wildman–Crippen MR) is 122 cm³/mol. The molecule has 0 aliphatic rings. The van der Waals surface area contributed by atoms with Gasteiger partial charge in [0.1, 0.15) is 5.56 Å². The van der Waals surface area contributed by atoms with Crippen molar-refractivity contribution >= 4 is 16.5 Å². The Balaban J connectivity index is 1.49. The van der Waals surface area contributed by atoms with Gasteiger partial charge in [0, 0.05) is 31.7 Å². The molecule has 4 rings (SSSR count). The van der Waals surface area contributed by atoms with Gasteiger partial charge in [-0.15, -0.1) is 0 Å². The van der Waals surface area contributed by atoms with E-state index in [1.165, 1.54) is 12.3 Å². The first-order chi connectivity index (χ1) is 18.3. The highest BCUT2D eigenvalue weighted by molar-refractivity contribution is 5.86. The van der Waals surface area contributed by atoms with Crippen molar-refractivity contribution in [3.63, 3.8) is 0 Å². The van der Waals surface area contributed by atoms with E-state index in [2.05, 4.69) is 20.4 Å². The Morgan fingerprint density at radius 2 is 1.62 bits per heavy atom. The number of aromatic amines is 1. The summed E-state index contributed by atoms with van der Waals surface area (Å²) in [6.07, 6.45) is -6.21. The Morgan fingerprint density at radius 1 is 0.923 bits per heavy atom. The first kappa shape index (κ1) is 27.7. The summed E-state index contributed by atoms with van der Waals surface area (Å²) in [5.41, 5.74) is -5.96. The number of aromatic nitrogens is 5. The molecule has 0 radical (unpaired) electrons. The van der Waals surface area contributed by atoms with Gasteiger partial charge in [-0.05, 0) is 30.4 Å². The van der Waals surface area contributed by atoms with Gasteiger partial charge in [0.2, 0.25) is 0 Å². The number of hydrogen-bond donors (Lipinski definition) is 2. The molecule has 16 heteroatoms. The van der Waals surface area contributed by atoms with E-state index in [9.17, 15) is 44.7 Å². The highest BCUT2D eigenvalue weighted by Gasteiger charge is 2.37. The zero-order valence-corrected chi connectivity index (χ0v) is 19.4. The van der Waals surface area contributed by atoms with E-state index in [0.717, 1.165) is 16.8 Å². The summed E-state index contributed by atoms with van der Waals surface area (Å²) in [6, 6.07) is 2.34. The number of benzene rings is 1. The highest BCUT2D eigenvalue weighted by atomic mass is 19.4. The van der Waals surface area contributed by atoms with Gasteiger partial charge in [0.25, 0.3) is 11.1 Å². The number of nitrogens with zero attached hydrogens (tertiary/aromatic N) is 4. The van der Waals surface area contributed by atoms with Crippen molar-refractivity contribution in [3.05, 3.63) is 80.4 Å². The van der Waals surface area contributed by atoms with Crippen LogP contribution in [-0.2, 0) is 18.9 Å². The van der Waals surface area contributed by atoms with Crippen LogP contribution >= 0.6 is 0 Å². The molecule has 0 fully saturated rings. The molecule has 206 valence electrons. The topological polar surface area (TPSA) is 106 Å². The van der Waals surface area contributed by atoms with Crippen molar-refractivity contribution in [3.8, 4) is 11.4 Å². The molecular formula is C23H16F8N6O2. The van der Waals surface area contributed by atoms with Crippen molar-refractivity contribution < 1.29 is 35.1 Å². The SMILES string of the molecule is O=c1[nH]ncc(NCCCCn2ccc3cc(-c4ncc(C(F)(F)F)cn4)c(F)c(F)c3c2=O)c1C(F)(F)F. The maximum absolute atomic E-state index is 14.9. The smallest absolute Gasteiger partial charge is 0.383 e. The number of fused-ring (bicyclic) bond motifs is 1. The van der Waals surface area contributed by atoms with Crippen LogP contribution < -0.4 is 16.4 Å². The third-order valence-corrected chi connectivity index (χ3v) is 5.65. The molecule has 3 heterocycles. The van der Waals surface area contributed by atoms with E-state index in [4.69, 9.17) is 0 Å². The van der Waals surface area contributed by atoms with Gasteiger partial charge in [-0.3, -0.25) is 9.59 Å². The molecule has 0 aliphatic carbocycles. The van der Waals surface area contributed by atoms with Crippen LogP contribution in [0.5, 0.6) is 0 Å². The minimum absolute atomic E-state index is 0.00102. The largest absolute Gasteiger partial charge is 0.423 e. The van der Waals surface area contributed by atoms with Crippen molar-refractivity contribution in [1.82, 2.24) is 24.7 Å². The normalized spacial score (nSPS) is 12.2. The van der Waals surface area contributed by atoms with Crippen LogP contribution in [-0.4, -0.2) is 31.3 Å². The Hall–Kier alpha value is -4.37. The van der Waals surface area contributed by atoms with Gasteiger partial charge in [-0.2, -0.15) is 31.4 Å². The Labute approximate surface area is 212 Å². The number of rotatable bonds is 7. The lowest BCUT2D eigenvalue weighted by atomic mass is 10.1. The van der Waals surface area contributed by atoms with E-state index in [-0.39, 0.29) is 31.3 Å². The van der Waals surface area contributed by atoms with E-state index in [1.807, 2.05) is 0 Å². The number of H-pyrrole nitrogens is 1. The molecule has 0 amide bonds. The zero-order chi connectivity index (χ0) is 28.5. The van der Waals surface area contributed by atoms with E-state index >= 15 is 0 Å². The molecule has 1 aromatic carbocycles. The second kappa shape index (κ2) is 10.4. The first-order valence-electron chi connectivity index (χ1n) is 11.1. The molecule has 0 unspecified atom stereocenters. The lowest BCUT2D eigenvalue weighted by Gasteiger charge is -2.13. The second-order valence-corrected chi connectivity index (χ2v) is 8.24. The molecule has 0 aliphatic heterocycles. The fraction of sp³-hybridized carbons (Fsp3) is 0.261. The number of alkyl halides is 6. The summed E-state index contributed by atoms with van der Waals surface area (Å²) >= 11 is 0. The average molecular weight is 560 g/mol. The van der Waals surface area contributed by atoms with E-state index in [1.54, 1.807) is 5.10 Å². The standard InChI is InChI=1S/C23H16F8N6O2/c24-17-13(19-33-8-12(9-34-19)22(26,27)28)7-11-3-6-37(21(39)15(11)18(17)25)5-2-1-4-32-14-10-35-36-20(38)16(14)23(29,30)31/h3,6-10H,1-2,4-5H2,(H2,32,36,38). The van der Waals surface area contributed by atoms with Gasteiger partial charge < -0.3 is 9.88 Å². The van der Waals surface area contributed by atoms with Gasteiger partial charge in [0.05, 0.1) is 28.4 Å². The van der Waals surface area contributed by atoms with Gasteiger partial charge in [-0.1, -0.05) is 0 Å². The Bertz CT molecular complexity index is 1630. The quantitative estimate of drug-likeness (QED) is 0.250. The van der Waals surface area contributed by atoms with Crippen molar-refractivity contribution in [1.29, 1.82) is 0 Å². The highest BCUT2D eigenvalue weighted by Crippen LogP contribution is 2.32. The third kappa shape index (κ3) is 5.73. The molecule has 0 saturated heterocycles. The van der Waals surface area contributed by atoms with Crippen LogP contribution in [0.2, 0.25) is 0 Å². The monoisotopic (exact) mass is 560 g/mol. The molecule has 3 aromatic heterocycles. The molecule has 4 aromatic rings. The molecular weight excluding hydrogens is 544 g/mol. The maximum Gasteiger partial charge on any atom is 0.423 e. The summed E-state index contributed by atoms with van der Waals surface area (Å²) in [4.78, 5) is 31.2. The maximum atomic E-state index is 14.9. The first-order valence-corrected chi connectivity index (χ1v) is 11.1. The summed E-state index contributed by atoms with van der Waals surface area (Å²) in [6.45, 7) is -0.0168. The number of nitrogens with one attached hydrogen (secondary N) is 2. The number of aryl methyl sites for hydroxylation is 1. The Kier molecular flexibility index (Phi) is 7.39. The molecule has 39 heavy (non-hydrogen) atoms. The van der Waals surface area contributed by atoms with Crippen LogP contribution in [0.4, 0.5) is 40.8 Å². The molecule has 0 saturated carbocycles. The van der Waals surface area contributed by atoms with Crippen molar-refractivity contribution in [2.45, 2.75) is 31.7 Å². The molecule has 0 spiro atoms. The number of pyridine rings is 1.